The van der Waals surface area contributed by atoms with Crippen LogP contribution in [0.3, 0.4) is 0 Å². The number of nitrogens with zero attached hydrogens (tertiary/aromatic N) is 2. The van der Waals surface area contributed by atoms with Crippen molar-refractivity contribution in [3.05, 3.63) is 28.2 Å². The van der Waals surface area contributed by atoms with Crippen LogP contribution in [0.1, 0.15) is 40.0 Å². The molecule has 1 heterocycles. The fourth-order valence-corrected chi connectivity index (χ4v) is 4.53. The molecule has 156 valence electrons. The van der Waals surface area contributed by atoms with Gasteiger partial charge in [0.15, 0.2) is 0 Å². The molecule has 1 amide bonds. The van der Waals surface area contributed by atoms with Crippen LogP contribution in [0.2, 0.25) is 10.0 Å². The summed E-state index contributed by atoms with van der Waals surface area (Å²) in [4.78, 5) is 16.7. The second-order valence-electron chi connectivity index (χ2n) is 8.77. The minimum absolute atomic E-state index is 0.213. The van der Waals surface area contributed by atoms with E-state index in [1.165, 1.54) is 13.8 Å². The van der Waals surface area contributed by atoms with Gasteiger partial charge >= 0.3 is 0 Å². The number of piperazine rings is 1. The average Bonchev–Trinajstić information content (AvgIpc) is 2.58. The number of anilines is 1. The molecule has 1 aromatic rings. The molecular weight excluding hydrogens is 397 g/mol. The van der Waals surface area contributed by atoms with Gasteiger partial charge < -0.3 is 15.3 Å². The van der Waals surface area contributed by atoms with Gasteiger partial charge in [0, 0.05) is 31.7 Å². The molecule has 2 N–H and O–H groups in total. The summed E-state index contributed by atoms with van der Waals surface area (Å²) < 4.78 is 0. The number of amides is 1. The third-order valence-corrected chi connectivity index (χ3v) is 6.74. The van der Waals surface area contributed by atoms with Crippen LogP contribution >= 0.6 is 23.2 Å². The van der Waals surface area contributed by atoms with Gasteiger partial charge in [-0.2, -0.15) is 0 Å². The van der Waals surface area contributed by atoms with Gasteiger partial charge in [-0.25, -0.2) is 0 Å². The van der Waals surface area contributed by atoms with E-state index in [2.05, 4.69) is 22.0 Å². The van der Waals surface area contributed by atoms with Crippen molar-refractivity contribution in [1.82, 2.24) is 10.2 Å². The number of rotatable bonds is 6. The zero-order valence-corrected chi connectivity index (χ0v) is 18.4. The second-order valence-corrected chi connectivity index (χ2v) is 9.56. The fourth-order valence-electron chi connectivity index (χ4n) is 4.12. The van der Waals surface area contributed by atoms with Crippen molar-refractivity contribution in [2.45, 2.75) is 57.7 Å². The van der Waals surface area contributed by atoms with E-state index in [0.717, 1.165) is 51.1 Å². The zero-order chi connectivity index (χ0) is 20.5. The highest BCUT2D eigenvalue weighted by Crippen LogP contribution is 2.35. The van der Waals surface area contributed by atoms with E-state index < -0.39 is 5.60 Å². The van der Waals surface area contributed by atoms with E-state index in [-0.39, 0.29) is 11.9 Å². The van der Waals surface area contributed by atoms with Crippen LogP contribution in [0.15, 0.2) is 18.2 Å². The minimum Gasteiger partial charge on any atom is -0.381 e. The zero-order valence-electron chi connectivity index (χ0n) is 16.9. The first kappa shape index (κ1) is 21.7. The Kier molecular flexibility index (Phi) is 6.80. The summed E-state index contributed by atoms with van der Waals surface area (Å²) >= 11 is 12.6. The van der Waals surface area contributed by atoms with Crippen LogP contribution < -0.4 is 10.2 Å². The number of carbonyl (C=O) groups excluding carboxylic acids is 1. The molecule has 2 fully saturated rings. The Bertz CT molecular complexity index is 701. The molecule has 1 saturated carbocycles. The highest BCUT2D eigenvalue weighted by molar-refractivity contribution is 6.43. The lowest BCUT2D eigenvalue weighted by molar-refractivity contribution is -0.138. The van der Waals surface area contributed by atoms with Crippen molar-refractivity contribution >= 4 is 34.8 Å². The van der Waals surface area contributed by atoms with E-state index >= 15 is 0 Å². The lowest BCUT2D eigenvalue weighted by Gasteiger charge is -2.43. The third-order valence-electron chi connectivity index (χ3n) is 5.93. The Morgan fingerprint density at radius 3 is 2.64 bits per heavy atom. The molecule has 1 aromatic carbocycles. The van der Waals surface area contributed by atoms with Crippen LogP contribution in [-0.2, 0) is 4.79 Å². The summed E-state index contributed by atoms with van der Waals surface area (Å²) in [5.74, 6) is 0.378. The van der Waals surface area contributed by atoms with Crippen molar-refractivity contribution < 1.29 is 9.90 Å². The third kappa shape index (κ3) is 5.12. The van der Waals surface area contributed by atoms with E-state index in [4.69, 9.17) is 23.2 Å². The van der Waals surface area contributed by atoms with Gasteiger partial charge in [-0.15, -0.1) is 0 Å². The molecule has 2 aliphatic rings. The van der Waals surface area contributed by atoms with Crippen molar-refractivity contribution in [1.29, 1.82) is 0 Å². The molecule has 1 aliphatic heterocycles. The standard InChI is InChI=1S/C21H31Cl2N3O2/c1-14-13-25(9-10-26(14)18-6-4-5-17(22)19(18)23)8-7-15-11-16(12-15)24-20(27)21(2,3)28/h4-6,14-16,28H,7-13H2,1-3H3,(H,24,27)/t14-,15?,16?/m1/s1. The predicted molar refractivity (Wildman–Crippen MR) is 115 cm³/mol. The largest absolute Gasteiger partial charge is 0.381 e. The lowest BCUT2D eigenvalue weighted by Crippen LogP contribution is -2.53. The van der Waals surface area contributed by atoms with Crippen LogP contribution in [0.4, 0.5) is 5.69 Å². The van der Waals surface area contributed by atoms with E-state index in [1.54, 1.807) is 0 Å². The van der Waals surface area contributed by atoms with E-state index in [9.17, 15) is 9.90 Å². The quantitative estimate of drug-likeness (QED) is 0.728. The van der Waals surface area contributed by atoms with Gasteiger partial charge in [0.1, 0.15) is 5.60 Å². The molecule has 1 atom stereocenters. The Labute approximate surface area is 178 Å². The Morgan fingerprint density at radius 2 is 2.00 bits per heavy atom. The number of benzene rings is 1. The summed E-state index contributed by atoms with van der Waals surface area (Å²) in [5, 5.41) is 13.9. The molecule has 7 heteroatoms. The highest BCUT2D eigenvalue weighted by Gasteiger charge is 2.34. The number of hydrogen-bond acceptors (Lipinski definition) is 4. The first-order valence-corrected chi connectivity index (χ1v) is 10.9. The van der Waals surface area contributed by atoms with Gasteiger partial charge in [0.25, 0.3) is 5.91 Å². The van der Waals surface area contributed by atoms with Crippen molar-refractivity contribution in [2.75, 3.05) is 31.1 Å². The molecule has 28 heavy (non-hydrogen) atoms. The normalized spacial score (nSPS) is 26.1. The average molecular weight is 428 g/mol. The van der Waals surface area contributed by atoms with Gasteiger partial charge in [-0.1, -0.05) is 29.3 Å². The number of halogens is 2. The predicted octanol–water partition coefficient (Wildman–Crippen LogP) is 3.56. The van der Waals surface area contributed by atoms with Crippen LogP contribution in [0.5, 0.6) is 0 Å². The summed E-state index contributed by atoms with van der Waals surface area (Å²) in [6, 6.07) is 6.41. The van der Waals surface area contributed by atoms with Crippen LogP contribution in [-0.4, -0.2) is 59.8 Å². The SMILES string of the molecule is C[C@@H]1CN(CCC2CC(NC(=O)C(C)(C)O)C2)CCN1c1cccc(Cl)c1Cl. The molecule has 0 bridgehead atoms. The van der Waals surface area contributed by atoms with Gasteiger partial charge in [0.05, 0.1) is 15.7 Å². The maximum atomic E-state index is 11.8. The molecule has 1 saturated heterocycles. The molecular formula is C21H31Cl2N3O2. The first-order chi connectivity index (χ1) is 13.1. The second kappa shape index (κ2) is 8.78. The molecule has 3 rings (SSSR count). The summed E-state index contributed by atoms with van der Waals surface area (Å²) in [6.45, 7) is 9.32. The number of aliphatic hydroxyl groups is 1. The summed E-state index contributed by atoms with van der Waals surface area (Å²) in [6.07, 6.45) is 3.17. The maximum absolute atomic E-state index is 11.8. The lowest BCUT2D eigenvalue weighted by atomic mass is 9.78. The minimum atomic E-state index is -1.30. The highest BCUT2D eigenvalue weighted by atomic mass is 35.5. The number of nitrogens with one attached hydrogen (secondary N) is 1. The van der Waals surface area contributed by atoms with E-state index in [0.29, 0.717) is 22.0 Å². The van der Waals surface area contributed by atoms with Crippen LogP contribution in [0, 0.1) is 5.92 Å². The molecule has 0 spiro atoms. The molecule has 0 unspecified atom stereocenters. The van der Waals surface area contributed by atoms with Crippen molar-refractivity contribution in [3.8, 4) is 0 Å². The van der Waals surface area contributed by atoms with Crippen molar-refractivity contribution in [2.24, 2.45) is 5.92 Å². The van der Waals surface area contributed by atoms with Crippen molar-refractivity contribution in [3.63, 3.8) is 0 Å². The van der Waals surface area contributed by atoms with Gasteiger partial charge in [-0.3, -0.25) is 9.69 Å². The number of hydrogen-bond donors (Lipinski definition) is 2. The van der Waals surface area contributed by atoms with Gasteiger partial charge in [-0.05, 0) is 64.6 Å². The smallest absolute Gasteiger partial charge is 0.251 e. The van der Waals surface area contributed by atoms with Gasteiger partial charge in [0.2, 0.25) is 0 Å². The fraction of sp³-hybridized carbons (Fsp3) is 0.667. The molecule has 0 aromatic heterocycles. The molecule has 5 nitrogen and oxygen atoms in total. The summed E-state index contributed by atoms with van der Waals surface area (Å²) in [5.41, 5.74) is -0.280. The monoisotopic (exact) mass is 427 g/mol. The summed E-state index contributed by atoms with van der Waals surface area (Å²) in [7, 11) is 0. The maximum Gasteiger partial charge on any atom is 0.251 e. The van der Waals surface area contributed by atoms with E-state index in [1.807, 2.05) is 18.2 Å². The number of carbonyl (C=O) groups is 1. The Morgan fingerprint density at radius 1 is 1.29 bits per heavy atom. The Hall–Kier alpha value is -1.01. The molecule has 1 aliphatic carbocycles. The first-order valence-electron chi connectivity index (χ1n) is 10.1. The van der Waals surface area contributed by atoms with Crippen LogP contribution in [0.25, 0.3) is 0 Å². The molecule has 0 radical (unpaired) electrons. The Balaban J connectivity index is 1.40. The topological polar surface area (TPSA) is 55.8 Å².